The number of nitrogens with zero attached hydrogens (tertiary/aromatic N) is 3. The fraction of sp³-hybridized carbons (Fsp3) is 0.750. The van der Waals surface area contributed by atoms with Crippen molar-refractivity contribution in [3.8, 4) is 0 Å². The minimum Gasteiger partial charge on any atom is -0.367 e. The second-order valence-corrected chi connectivity index (χ2v) is 7.72. The average molecular weight is 355 g/mol. The van der Waals surface area contributed by atoms with Gasteiger partial charge in [-0.15, -0.1) is 0 Å². The van der Waals surface area contributed by atoms with Gasteiger partial charge in [0.15, 0.2) is 0 Å². The standard InChI is InChI=1S/C16H27BrN4/c1-5-8-21-9-6-12(7-10-21)18-14-11-13(17)19-15(20-14)16(2,3)4/h11-12H,5-10H2,1-4H3,(H,18,19,20). The zero-order valence-electron chi connectivity index (χ0n) is 13.6. The molecule has 0 aliphatic carbocycles. The molecule has 0 unspecified atom stereocenters. The molecule has 2 heterocycles. The van der Waals surface area contributed by atoms with E-state index < -0.39 is 0 Å². The summed E-state index contributed by atoms with van der Waals surface area (Å²) >= 11 is 3.50. The quantitative estimate of drug-likeness (QED) is 0.834. The zero-order valence-corrected chi connectivity index (χ0v) is 15.2. The summed E-state index contributed by atoms with van der Waals surface area (Å²) in [5.74, 6) is 1.82. The van der Waals surface area contributed by atoms with Crippen LogP contribution in [0.5, 0.6) is 0 Å². The van der Waals surface area contributed by atoms with Gasteiger partial charge in [0, 0.05) is 30.6 Å². The Morgan fingerprint density at radius 1 is 1.29 bits per heavy atom. The van der Waals surface area contributed by atoms with E-state index in [1.54, 1.807) is 0 Å². The molecular formula is C16H27BrN4. The normalized spacial score (nSPS) is 18.0. The second kappa shape index (κ2) is 7.05. The first-order valence-corrected chi connectivity index (χ1v) is 8.71. The Morgan fingerprint density at radius 2 is 1.95 bits per heavy atom. The number of halogens is 1. The lowest BCUT2D eigenvalue weighted by molar-refractivity contribution is 0.219. The topological polar surface area (TPSA) is 41.0 Å². The van der Waals surface area contributed by atoms with E-state index in [2.05, 4.69) is 63.8 Å². The van der Waals surface area contributed by atoms with E-state index in [4.69, 9.17) is 0 Å². The number of rotatable bonds is 4. The fourth-order valence-electron chi connectivity index (χ4n) is 2.65. The monoisotopic (exact) mass is 354 g/mol. The van der Waals surface area contributed by atoms with Crippen molar-refractivity contribution in [1.82, 2.24) is 14.9 Å². The number of aromatic nitrogens is 2. The third-order valence-corrected chi connectivity index (χ3v) is 4.25. The van der Waals surface area contributed by atoms with Crippen LogP contribution in [0, 0.1) is 0 Å². The predicted molar refractivity (Wildman–Crippen MR) is 91.8 cm³/mol. The molecule has 0 atom stereocenters. The van der Waals surface area contributed by atoms with Crippen LogP contribution in [0.25, 0.3) is 0 Å². The van der Waals surface area contributed by atoms with Gasteiger partial charge >= 0.3 is 0 Å². The molecule has 1 fully saturated rings. The molecule has 2 rings (SSSR count). The van der Waals surface area contributed by atoms with E-state index in [0.29, 0.717) is 6.04 Å². The van der Waals surface area contributed by atoms with Crippen molar-refractivity contribution in [2.24, 2.45) is 0 Å². The van der Waals surface area contributed by atoms with Gasteiger partial charge in [-0.1, -0.05) is 27.7 Å². The maximum absolute atomic E-state index is 4.69. The number of nitrogens with one attached hydrogen (secondary N) is 1. The summed E-state index contributed by atoms with van der Waals surface area (Å²) in [5.41, 5.74) is -0.0370. The van der Waals surface area contributed by atoms with Crippen molar-refractivity contribution < 1.29 is 0 Å². The molecule has 1 aliphatic rings. The van der Waals surface area contributed by atoms with Crippen molar-refractivity contribution in [2.45, 2.75) is 58.4 Å². The maximum Gasteiger partial charge on any atom is 0.137 e. The molecule has 1 aromatic heterocycles. The van der Waals surface area contributed by atoms with Crippen LogP contribution in [-0.4, -0.2) is 40.5 Å². The first-order chi connectivity index (χ1) is 9.88. The molecule has 5 heteroatoms. The van der Waals surface area contributed by atoms with Gasteiger partial charge in [0.1, 0.15) is 16.2 Å². The Hall–Kier alpha value is -0.680. The average Bonchev–Trinajstić information content (AvgIpc) is 2.40. The fourth-order valence-corrected chi connectivity index (χ4v) is 3.04. The van der Waals surface area contributed by atoms with Crippen molar-refractivity contribution in [3.05, 3.63) is 16.5 Å². The van der Waals surface area contributed by atoms with E-state index in [1.807, 2.05) is 6.07 Å². The Bertz CT molecular complexity index is 462. The number of anilines is 1. The van der Waals surface area contributed by atoms with Crippen LogP contribution in [0.1, 0.15) is 52.8 Å². The molecule has 21 heavy (non-hydrogen) atoms. The van der Waals surface area contributed by atoms with Crippen LogP contribution in [0.2, 0.25) is 0 Å². The molecule has 118 valence electrons. The van der Waals surface area contributed by atoms with E-state index in [-0.39, 0.29) is 5.41 Å². The molecule has 1 N–H and O–H groups in total. The van der Waals surface area contributed by atoms with Crippen LogP contribution < -0.4 is 5.32 Å². The largest absolute Gasteiger partial charge is 0.367 e. The van der Waals surface area contributed by atoms with Gasteiger partial charge in [0.25, 0.3) is 0 Å². The molecule has 1 saturated heterocycles. The molecule has 0 radical (unpaired) electrons. The predicted octanol–water partition coefficient (Wildman–Crippen LogP) is 3.82. The van der Waals surface area contributed by atoms with Crippen molar-refractivity contribution >= 4 is 21.7 Å². The lowest BCUT2D eigenvalue weighted by Gasteiger charge is -2.32. The van der Waals surface area contributed by atoms with E-state index in [0.717, 1.165) is 16.2 Å². The highest BCUT2D eigenvalue weighted by Crippen LogP contribution is 2.24. The van der Waals surface area contributed by atoms with E-state index in [1.165, 1.54) is 38.9 Å². The molecule has 0 saturated carbocycles. The van der Waals surface area contributed by atoms with Crippen molar-refractivity contribution in [2.75, 3.05) is 25.0 Å². The summed E-state index contributed by atoms with van der Waals surface area (Å²) in [6.07, 6.45) is 3.62. The Labute approximate surface area is 136 Å². The minimum atomic E-state index is -0.0370. The molecule has 0 spiro atoms. The lowest BCUT2D eigenvalue weighted by atomic mass is 9.96. The van der Waals surface area contributed by atoms with Gasteiger partial charge in [-0.2, -0.15) is 0 Å². The highest BCUT2D eigenvalue weighted by molar-refractivity contribution is 9.10. The molecule has 4 nitrogen and oxygen atoms in total. The summed E-state index contributed by atoms with van der Waals surface area (Å²) in [6.45, 7) is 12.3. The molecule has 1 aliphatic heterocycles. The minimum absolute atomic E-state index is 0.0370. The van der Waals surface area contributed by atoms with Gasteiger partial charge in [-0.05, 0) is 41.7 Å². The number of hydrogen-bond acceptors (Lipinski definition) is 4. The van der Waals surface area contributed by atoms with Crippen LogP contribution in [0.15, 0.2) is 10.7 Å². The Morgan fingerprint density at radius 3 is 2.52 bits per heavy atom. The molecule has 1 aromatic rings. The van der Waals surface area contributed by atoms with Gasteiger partial charge in [0.05, 0.1) is 0 Å². The van der Waals surface area contributed by atoms with E-state index in [9.17, 15) is 0 Å². The highest BCUT2D eigenvalue weighted by Gasteiger charge is 2.21. The number of likely N-dealkylation sites (tertiary alicyclic amines) is 1. The van der Waals surface area contributed by atoms with Crippen LogP contribution >= 0.6 is 15.9 Å². The molecule has 0 amide bonds. The van der Waals surface area contributed by atoms with Gasteiger partial charge < -0.3 is 10.2 Å². The summed E-state index contributed by atoms with van der Waals surface area (Å²) in [6, 6.07) is 2.50. The van der Waals surface area contributed by atoms with Crippen molar-refractivity contribution in [1.29, 1.82) is 0 Å². The van der Waals surface area contributed by atoms with Crippen molar-refractivity contribution in [3.63, 3.8) is 0 Å². The summed E-state index contributed by atoms with van der Waals surface area (Å²) in [5, 5.41) is 3.59. The third-order valence-electron chi connectivity index (χ3n) is 3.85. The summed E-state index contributed by atoms with van der Waals surface area (Å²) in [7, 11) is 0. The SMILES string of the molecule is CCCN1CCC(Nc2cc(Br)nc(C(C)(C)C)n2)CC1. The Kier molecular flexibility index (Phi) is 5.60. The summed E-state index contributed by atoms with van der Waals surface area (Å²) in [4.78, 5) is 11.7. The van der Waals surface area contributed by atoms with Gasteiger partial charge in [-0.3, -0.25) is 0 Å². The smallest absolute Gasteiger partial charge is 0.137 e. The zero-order chi connectivity index (χ0) is 15.5. The Balaban J connectivity index is 1.99. The van der Waals surface area contributed by atoms with Crippen LogP contribution in [-0.2, 0) is 5.41 Å². The second-order valence-electron chi connectivity index (χ2n) is 6.91. The molecule has 0 aromatic carbocycles. The van der Waals surface area contributed by atoms with Crippen LogP contribution in [0.3, 0.4) is 0 Å². The number of piperidine rings is 1. The number of hydrogen-bond donors (Lipinski definition) is 1. The first kappa shape index (κ1) is 16.7. The van der Waals surface area contributed by atoms with E-state index >= 15 is 0 Å². The molecular weight excluding hydrogens is 328 g/mol. The first-order valence-electron chi connectivity index (χ1n) is 7.92. The lowest BCUT2D eigenvalue weighted by Crippen LogP contribution is -2.39. The van der Waals surface area contributed by atoms with Crippen LogP contribution in [0.4, 0.5) is 5.82 Å². The highest BCUT2D eigenvalue weighted by atomic mass is 79.9. The summed E-state index contributed by atoms with van der Waals surface area (Å²) < 4.78 is 0.855. The third kappa shape index (κ3) is 4.92. The maximum atomic E-state index is 4.69. The van der Waals surface area contributed by atoms with Gasteiger partial charge in [-0.25, -0.2) is 9.97 Å². The van der Waals surface area contributed by atoms with Gasteiger partial charge in [0.2, 0.25) is 0 Å². The molecule has 0 bridgehead atoms.